The van der Waals surface area contributed by atoms with Gasteiger partial charge in [0.1, 0.15) is 0 Å². The Balaban J connectivity index is 1.65. The molecule has 1 saturated heterocycles. The minimum Gasteiger partial charge on any atom is -0.378 e. The van der Waals surface area contributed by atoms with Gasteiger partial charge in [0.2, 0.25) is 5.91 Å². The maximum absolute atomic E-state index is 11.9. The number of carbonyl (C=O) groups is 1. The van der Waals surface area contributed by atoms with Crippen LogP contribution in [0.15, 0.2) is 0 Å². The minimum absolute atomic E-state index is 0.187. The molecule has 2 aliphatic rings. The fraction of sp³-hybridized carbons (Fsp3) is 0.933. The molecule has 0 bridgehead atoms. The molecule has 0 aromatic carbocycles. The van der Waals surface area contributed by atoms with Crippen molar-refractivity contribution in [3.8, 4) is 0 Å². The van der Waals surface area contributed by atoms with Gasteiger partial charge in [0.05, 0.1) is 6.10 Å². The van der Waals surface area contributed by atoms with Gasteiger partial charge in [-0.1, -0.05) is 13.8 Å². The molecule has 0 aromatic rings. The summed E-state index contributed by atoms with van der Waals surface area (Å²) in [5.74, 6) is 0.309. The van der Waals surface area contributed by atoms with Crippen molar-refractivity contribution in [2.45, 2.75) is 58.6 Å². The smallest absolute Gasteiger partial charge is 0.223 e. The summed E-state index contributed by atoms with van der Waals surface area (Å²) < 4.78 is 5.72. The van der Waals surface area contributed by atoms with E-state index in [-0.39, 0.29) is 5.41 Å². The van der Waals surface area contributed by atoms with Crippen molar-refractivity contribution in [3.63, 3.8) is 0 Å². The van der Waals surface area contributed by atoms with Gasteiger partial charge in [-0.05, 0) is 26.2 Å². The van der Waals surface area contributed by atoms with E-state index in [4.69, 9.17) is 4.74 Å². The lowest BCUT2D eigenvalue weighted by molar-refractivity contribution is -0.130. The first-order chi connectivity index (χ1) is 9.05. The Morgan fingerprint density at radius 3 is 2.63 bits per heavy atom. The Hall–Kier alpha value is -0.610. The van der Waals surface area contributed by atoms with Crippen molar-refractivity contribution >= 4 is 5.91 Å². The van der Waals surface area contributed by atoms with Crippen molar-refractivity contribution in [2.75, 3.05) is 26.2 Å². The zero-order valence-corrected chi connectivity index (χ0v) is 12.6. The molecule has 2 fully saturated rings. The van der Waals surface area contributed by atoms with Crippen molar-refractivity contribution in [3.05, 3.63) is 0 Å². The number of rotatable bonds is 6. The highest BCUT2D eigenvalue weighted by atomic mass is 16.5. The second kappa shape index (κ2) is 6.23. The van der Waals surface area contributed by atoms with E-state index in [2.05, 4.69) is 19.2 Å². The summed E-state index contributed by atoms with van der Waals surface area (Å²) in [6.07, 6.45) is 4.41. The van der Waals surface area contributed by atoms with E-state index in [1.807, 2.05) is 11.8 Å². The highest BCUT2D eigenvalue weighted by molar-refractivity contribution is 5.76. The zero-order chi connectivity index (χ0) is 13.9. The SMILES string of the molecule is CCOC1CC(NCCC(=O)N2CCCC2)C1(C)C. The molecule has 19 heavy (non-hydrogen) atoms. The molecule has 0 aromatic heterocycles. The molecule has 1 amide bonds. The molecule has 2 rings (SSSR count). The predicted molar refractivity (Wildman–Crippen MR) is 76.0 cm³/mol. The molecule has 0 spiro atoms. The average molecular weight is 268 g/mol. The van der Waals surface area contributed by atoms with E-state index in [0.29, 0.717) is 24.5 Å². The summed E-state index contributed by atoms with van der Waals surface area (Å²) in [5.41, 5.74) is 0.187. The fourth-order valence-corrected chi connectivity index (χ4v) is 3.19. The number of likely N-dealkylation sites (tertiary alicyclic amines) is 1. The lowest BCUT2D eigenvalue weighted by Crippen LogP contribution is -2.61. The van der Waals surface area contributed by atoms with E-state index >= 15 is 0 Å². The molecule has 1 aliphatic carbocycles. The maximum Gasteiger partial charge on any atom is 0.223 e. The lowest BCUT2D eigenvalue weighted by Gasteiger charge is -2.52. The third-order valence-electron chi connectivity index (χ3n) is 4.73. The van der Waals surface area contributed by atoms with Crippen LogP contribution in [0.3, 0.4) is 0 Å². The summed E-state index contributed by atoms with van der Waals surface area (Å²) in [5, 5.41) is 3.52. The lowest BCUT2D eigenvalue weighted by atomic mass is 9.64. The normalized spacial score (nSPS) is 29.3. The summed E-state index contributed by atoms with van der Waals surface area (Å²) in [6, 6.07) is 0.482. The number of nitrogens with one attached hydrogen (secondary N) is 1. The van der Waals surface area contributed by atoms with Gasteiger partial charge in [-0.25, -0.2) is 0 Å². The van der Waals surface area contributed by atoms with Crippen LogP contribution in [0.5, 0.6) is 0 Å². The highest BCUT2D eigenvalue weighted by Gasteiger charge is 2.48. The number of nitrogens with zero attached hydrogens (tertiary/aromatic N) is 1. The number of hydrogen-bond acceptors (Lipinski definition) is 3. The third kappa shape index (κ3) is 3.29. The zero-order valence-electron chi connectivity index (χ0n) is 12.6. The van der Waals surface area contributed by atoms with Gasteiger partial charge in [-0.15, -0.1) is 0 Å². The Bertz CT molecular complexity index is 311. The van der Waals surface area contributed by atoms with Crippen LogP contribution in [-0.4, -0.2) is 49.2 Å². The number of hydrogen-bond donors (Lipinski definition) is 1. The quantitative estimate of drug-likeness (QED) is 0.798. The van der Waals surface area contributed by atoms with Crippen LogP contribution in [0.4, 0.5) is 0 Å². The molecule has 1 heterocycles. The molecule has 0 radical (unpaired) electrons. The molecule has 4 heteroatoms. The van der Waals surface area contributed by atoms with Crippen molar-refractivity contribution in [2.24, 2.45) is 5.41 Å². The number of amides is 1. The van der Waals surface area contributed by atoms with Gasteiger partial charge < -0.3 is 15.0 Å². The van der Waals surface area contributed by atoms with E-state index in [9.17, 15) is 4.79 Å². The Kier molecular flexibility index (Phi) is 4.85. The number of carbonyl (C=O) groups excluding carboxylic acids is 1. The Labute approximate surface area is 116 Å². The first-order valence-corrected chi connectivity index (χ1v) is 7.68. The first kappa shape index (κ1) is 14.8. The van der Waals surface area contributed by atoms with Crippen LogP contribution < -0.4 is 5.32 Å². The largest absolute Gasteiger partial charge is 0.378 e. The molecular formula is C15H28N2O2. The average Bonchev–Trinajstić information content (AvgIpc) is 2.90. The topological polar surface area (TPSA) is 41.6 Å². The summed E-state index contributed by atoms with van der Waals surface area (Å²) in [7, 11) is 0. The third-order valence-corrected chi connectivity index (χ3v) is 4.73. The summed E-state index contributed by atoms with van der Waals surface area (Å²) >= 11 is 0. The Morgan fingerprint density at radius 1 is 1.37 bits per heavy atom. The summed E-state index contributed by atoms with van der Waals surface area (Å²) in [6.45, 7) is 10.0. The highest BCUT2D eigenvalue weighted by Crippen LogP contribution is 2.42. The van der Waals surface area contributed by atoms with Gasteiger partial charge in [0.15, 0.2) is 0 Å². The molecule has 2 atom stereocenters. The van der Waals surface area contributed by atoms with Crippen molar-refractivity contribution in [1.29, 1.82) is 0 Å². The second-order valence-corrected chi connectivity index (χ2v) is 6.35. The van der Waals surface area contributed by atoms with Gasteiger partial charge in [0.25, 0.3) is 0 Å². The maximum atomic E-state index is 11.9. The van der Waals surface area contributed by atoms with Crippen LogP contribution in [0.25, 0.3) is 0 Å². The van der Waals surface area contributed by atoms with Crippen LogP contribution >= 0.6 is 0 Å². The Morgan fingerprint density at radius 2 is 2.05 bits per heavy atom. The summed E-state index contributed by atoms with van der Waals surface area (Å²) in [4.78, 5) is 13.9. The molecule has 1 aliphatic heterocycles. The van der Waals surface area contributed by atoms with E-state index in [1.165, 1.54) is 12.8 Å². The molecule has 1 saturated carbocycles. The fourth-order valence-electron chi connectivity index (χ4n) is 3.19. The van der Waals surface area contributed by atoms with E-state index in [0.717, 1.165) is 32.7 Å². The van der Waals surface area contributed by atoms with Crippen LogP contribution in [0, 0.1) is 5.41 Å². The molecule has 110 valence electrons. The molecule has 1 N–H and O–H groups in total. The van der Waals surface area contributed by atoms with Crippen LogP contribution in [-0.2, 0) is 9.53 Å². The van der Waals surface area contributed by atoms with Gasteiger partial charge in [-0.2, -0.15) is 0 Å². The molecular weight excluding hydrogens is 240 g/mol. The van der Waals surface area contributed by atoms with Gasteiger partial charge >= 0.3 is 0 Å². The van der Waals surface area contributed by atoms with Crippen LogP contribution in [0.1, 0.15) is 46.5 Å². The van der Waals surface area contributed by atoms with Crippen LogP contribution in [0.2, 0.25) is 0 Å². The molecule has 2 unspecified atom stereocenters. The minimum atomic E-state index is 0.187. The van der Waals surface area contributed by atoms with Crippen molar-refractivity contribution in [1.82, 2.24) is 10.2 Å². The van der Waals surface area contributed by atoms with Crippen molar-refractivity contribution < 1.29 is 9.53 Å². The monoisotopic (exact) mass is 268 g/mol. The second-order valence-electron chi connectivity index (χ2n) is 6.35. The van der Waals surface area contributed by atoms with Gasteiger partial charge in [-0.3, -0.25) is 4.79 Å². The first-order valence-electron chi connectivity index (χ1n) is 7.68. The van der Waals surface area contributed by atoms with E-state index in [1.54, 1.807) is 0 Å². The number of ether oxygens (including phenoxy) is 1. The predicted octanol–water partition coefficient (Wildman–Crippen LogP) is 1.79. The van der Waals surface area contributed by atoms with Gasteiger partial charge in [0, 0.05) is 44.1 Å². The standard InChI is InChI=1S/C15H28N2O2/c1-4-19-13-11-12(15(13,2)3)16-8-7-14(18)17-9-5-6-10-17/h12-13,16H,4-11H2,1-3H3. The molecule has 4 nitrogen and oxygen atoms in total. The van der Waals surface area contributed by atoms with E-state index < -0.39 is 0 Å².